The van der Waals surface area contributed by atoms with E-state index in [1.807, 2.05) is 19.1 Å². The molecular formula is C28H33BrN4O2. The smallest absolute Gasteiger partial charge is 0.308 e. The minimum absolute atomic E-state index is 0.0273. The van der Waals surface area contributed by atoms with Crippen molar-refractivity contribution in [1.29, 1.82) is 5.41 Å². The molecular weight excluding hydrogens is 504 g/mol. The Kier molecular flexibility index (Phi) is 8.12. The van der Waals surface area contributed by atoms with E-state index in [2.05, 4.69) is 39.2 Å². The number of carbonyl (C=O) groups is 1. The SMILES string of the molecule is CC#CC(=O)N(c1ccc(NC)c(C(=N)OC2CCCCCC2)n1)c1cc(C)c(Br)cc1C1CC1. The monoisotopic (exact) mass is 536 g/mol. The zero-order valence-corrected chi connectivity index (χ0v) is 22.3. The summed E-state index contributed by atoms with van der Waals surface area (Å²) in [6.07, 6.45) is 8.81. The fraction of sp³-hybridized carbons (Fsp3) is 0.464. The Morgan fingerprint density at radius 3 is 2.51 bits per heavy atom. The van der Waals surface area contributed by atoms with Crippen LogP contribution in [0.5, 0.6) is 0 Å². The Bertz CT molecular complexity index is 1170. The van der Waals surface area contributed by atoms with Crippen molar-refractivity contribution in [3.8, 4) is 11.8 Å². The molecule has 7 heteroatoms. The van der Waals surface area contributed by atoms with Gasteiger partial charge in [-0.25, -0.2) is 4.98 Å². The lowest BCUT2D eigenvalue weighted by Gasteiger charge is -2.25. The maximum atomic E-state index is 13.3. The highest BCUT2D eigenvalue weighted by Gasteiger charge is 2.31. The average Bonchev–Trinajstić information content (AvgIpc) is 3.70. The minimum Gasteiger partial charge on any atom is -0.473 e. The quantitative estimate of drug-likeness (QED) is 0.183. The van der Waals surface area contributed by atoms with Crippen molar-refractivity contribution < 1.29 is 9.53 Å². The number of nitrogens with one attached hydrogen (secondary N) is 2. The molecule has 1 aromatic carbocycles. The number of ether oxygens (including phenoxy) is 1. The summed E-state index contributed by atoms with van der Waals surface area (Å²) >= 11 is 3.65. The number of benzene rings is 1. The average molecular weight is 538 g/mol. The Hall–Kier alpha value is -2.85. The molecule has 1 amide bonds. The van der Waals surface area contributed by atoms with Crippen LogP contribution in [-0.2, 0) is 9.53 Å². The number of aryl methyl sites for hydroxylation is 1. The van der Waals surface area contributed by atoms with Crippen molar-refractivity contribution in [3.63, 3.8) is 0 Å². The molecule has 2 N–H and O–H groups in total. The number of halogens is 1. The fourth-order valence-electron chi connectivity index (χ4n) is 4.63. The molecule has 2 fully saturated rings. The van der Waals surface area contributed by atoms with Crippen LogP contribution in [0.1, 0.15) is 81.0 Å². The number of amides is 1. The third-order valence-electron chi connectivity index (χ3n) is 6.68. The normalized spacial score (nSPS) is 16.0. The molecule has 35 heavy (non-hydrogen) atoms. The van der Waals surface area contributed by atoms with Crippen LogP contribution in [0.3, 0.4) is 0 Å². The van der Waals surface area contributed by atoms with Crippen LogP contribution in [0.15, 0.2) is 28.7 Å². The predicted molar refractivity (Wildman–Crippen MR) is 145 cm³/mol. The third kappa shape index (κ3) is 5.87. The van der Waals surface area contributed by atoms with Gasteiger partial charge in [0.15, 0.2) is 0 Å². The largest absolute Gasteiger partial charge is 0.473 e. The fourth-order valence-corrected chi connectivity index (χ4v) is 4.99. The summed E-state index contributed by atoms with van der Waals surface area (Å²) in [5, 5.41) is 11.9. The maximum absolute atomic E-state index is 13.3. The molecule has 1 heterocycles. The van der Waals surface area contributed by atoms with Crippen LogP contribution >= 0.6 is 15.9 Å². The van der Waals surface area contributed by atoms with E-state index in [0.717, 1.165) is 59.8 Å². The molecule has 2 aliphatic rings. The van der Waals surface area contributed by atoms with Crippen molar-refractivity contribution in [2.75, 3.05) is 17.3 Å². The molecule has 0 unspecified atom stereocenters. The minimum atomic E-state index is -0.344. The molecule has 0 saturated heterocycles. The van der Waals surface area contributed by atoms with Gasteiger partial charge in [-0.05, 0) is 99.6 Å². The number of nitrogens with zero attached hydrogens (tertiary/aromatic N) is 2. The predicted octanol–water partition coefficient (Wildman–Crippen LogP) is 6.82. The lowest BCUT2D eigenvalue weighted by atomic mass is 10.0. The van der Waals surface area contributed by atoms with Gasteiger partial charge in [-0.1, -0.05) is 34.7 Å². The Balaban J connectivity index is 1.76. The molecule has 0 spiro atoms. The van der Waals surface area contributed by atoms with Crippen molar-refractivity contribution in [1.82, 2.24) is 4.98 Å². The first-order chi connectivity index (χ1) is 16.9. The van der Waals surface area contributed by atoms with Crippen LogP contribution in [0.4, 0.5) is 17.2 Å². The second kappa shape index (κ2) is 11.3. The van der Waals surface area contributed by atoms with Gasteiger partial charge >= 0.3 is 5.91 Å². The maximum Gasteiger partial charge on any atom is 0.308 e. The van der Waals surface area contributed by atoms with Crippen LogP contribution in [-0.4, -0.2) is 29.9 Å². The number of rotatable bonds is 6. The van der Waals surface area contributed by atoms with Crippen LogP contribution in [0.25, 0.3) is 0 Å². The molecule has 2 aliphatic carbocycles. The van der Waals surface area contributed by atoms with E-state index in [9.17, 15) is 4.79 Å². The number of aromatic nitrogens is 1. The zero-order chi connectivity index (χ0) is 24.9. The molecule has 2 saturated carbocycles. The first-order valence-electron chi connectivity index (χ1n) is 12.4. The van der Waals surface area contributed by atoms with Gasteiger partial charge in [0.1, 0.15) is 17.6 Å². The number of hydrogen-bond acceptors (Lipinski definition) is 5. The standard InChI is InChI=1S/C28H33BrN4O2/c1-4-9-26(34)33(24-16-18(2)22(29)17-21(24)19-12-13-19)25-15-14-23(31-3)27(32-25)28(30)35-20-10-7-5-6-8-11-20/h14-17,19-20,30-31H,5-8,10-13H2,1-3H3. The van der Waals surface area contributed by atoms with E-state index in [4.69, 9.17) is 15.1 Å². The zero-order valence-electron chi connectivity index (χ0n) is 20.7. The lowest BCUT2D eigenvalue weighted by Crippen LogP contribution is -2.28. The summed E-state index contributed by atoms with van der Waals surface area (Å²) < 4.78 is 7.12. The Morgan fingerprint density at radius 1 is 1.17 bits per heavy atom. The van der Waals surface area contributed by atoms with Crippen LogP contribution in [0.2, 0.25) is 0 Å². The van der Waals surface area contributed by atoms with Gasteiger partial charge in [-0.3, -0.25) is 15.1 Å². The van der Waals surface area contributed by atoms with Gasteiger partial charge < -0.3 is 10.1 Å². The number of carbonyl (C=O) groups excluding carboxylic acids is 1. The van der Waals surface area contributed by atoms with Crippen molar-refractivity contribution in [2.45, 2.75) is 77.2 Å². The molecule has 184 valence electrons. The Labute approximate surface area is 216 Å². The first kappa shape index (κ1) is 25.2. The van der Waals surface area contributed by atoms with Gasteiger partial charge in [0, 0.05) is 11.5 Å². The van der Waals surface area contributed by atoms with Gasteiger partial charge in [0.05, 0.1) is 11.4 Å². The molecule has 0 bridgehead atoms. The van der Waals surface area contributed by atoms with Crippen LogP contribution < -0.4 is 10.2 Å². The second-order valence-electron chi connectivity index (χ2n) is 9.33. The number of pyridine rings is 1. The third-order valence-corrected chi connectivity index (χ3v) is 7.54. The van der Waals surface area contributed by atoms with E-state index in [-0.39, 0.29) is 17.9 Å². The highest BCUT2D eigenvalue weighted by Crippen LogP contribution is 2.47. The first-order valence-corrected chi connectivity index (χ1v) is 13.2. The summed E-state index contributed by atoms with van der Waals surface area (Å²) in [6, 6.07) is 7.79. The van der Waals surface area contributed by atoms with Gasteiger partial charge in [-0.2, -0.15) is 0 Å². The summed E-state index contributed by atoms with van der Waals surface area (Å²) in [7, 11) is 1.80. The van der Waals surface area contributed by atoms with E-state index < -0.39 is 0 Å². The molecule has 0 radical (unpaired) electrons. The molecule has 0 aliphatic heterocycles. The summed E-state index contributed by atoms with van der Waals surface area (Å²) in [4.78, 5) is 19.7. The van der Waals surface area contributed by atoms with E-state index in [1.54, 1.807) is 24.9 Å². The van der Waals surface area contributed by atoms with Crippen LogP contribution in [0, 0.1) is 24.2 Å². The van der Waals surface area contributed by atoms with Gasteiger partial charge in [0.25, 0.3) is 0 Å². The number of anilines is 3. The van der Waals surface area contributed by atoms with Crippen molar-refractivity contribution in [3.05, 3.63) is 45.6 Å². The lowest BCUT2D eigenvalue weighted by molar-refractivity contribution is -0.112. The van der Waals surface area contributed by atoms with E-state index in [1.165, 1.54) is 12.8 Å². The summed E-state index contributed by atoms with van der Waals surface area (Å²) in [6.45, 7) is 3.67. The number of hydrogen-bond donors (Lipinski definition) is 2. The molecule has 6 nitrogen and oxygen atoms in total. The van der Waals surface area contributed by atoms with E-state index >= 15 is 0 Å². The Morgan fingerprint density at radius 2 is 1.89 bits per heavy atom. The summed E-state index contributed by atoms with van der Waals surface area (Å²) in [5.74, 6) is 5.98. The topological polar surface area (TPSA) is 78.3 Å². The summed E-state index contributed by atoms with van der Waals surface area (Å²) in [5.41, 5.74) is 4.03. The van der Waals surface area contributed by atoms with Crippen molar-refractivity contribution >= 4 is 44.9 Å². The molecule has 2 aromatic rings. The van der Waals surface area contributed by atoms with E-state index in [0.29, 0.717) is 23.1 Å². The highest BCUT2D eigenvalue weighted by molar-refractivity contribution is 9.10. The highest BCUT2D eigenvalue weighted by atomic mass is 79.9. The second-order valence-corrected chi connectivity index (χ2v) is 10.2. The molecule has 4 rings (SSSR count). The molecule has 1 aromatic heterocycles. The van der Waals surface area contributed by atoms with Gasteiger partial charge in [0.2, 0.25) is 5.90 Å². The molecule has 0 atom stereocenters. The van der Waals surface area contributed by atoms with Crippen molar-refractivity contribution in [2.24, 2.45) is 0 Å². The van der Waals surface area contributed by atoms with Gasteiger partial charge in [-0.15, -0.1) is 0 Å².